The zero-order valence-corrected chi connectivity index (χ0v) is 14.4. The number of rotatable bonds is 6. The number of hydrogen-bond donors (Lipinski definition) is 0. The minimum Gasteiger partial charge on any atom is -0.384 e. The number of aromatic nitrogens is 2. The number of methoxy groups -OCH3 is 1. The van der Waals surface area contributed by atoms with E-state index >= 15 is 0 Å². The van der Waals surface area contributed by atoms with E-state index in [4.69, 9.17) is 4.74 Å². The van der Waals surface area contributed by atoms with Crippen molar-refractivity contribution in [3.63, 3.8) is 0 Å². The summed E-state index contributed by atoms with van der Waals surface area (Å²) in [7, 11) is -1.70. The van der Waals surface area contributed by atoms with Crippen molar-refractivity contribution >= 4 is 15.7 Å². The summed E-state index contributed by atoms with van der Waals surface area (Å²) >= 11 is 0. The molecule has 0 radical (unpaired) electrons. The number of fused-ring (bicyclic) bond motifs is 1. The minimum absolute atomic E-state index is 0.0419. The summed E-state index contributed by atoms with van der Waals surface area (Å²) in [5.41, 5.74) is 2.14. The largest absolute Gasteiger partial charge is 0.384 e. The molecule has 1 fully saturated rings. The second kappa shape index (κ2) is 6.24. The number of carbonyl (C=O) groups is 1. The van der Waals surface area contributed by atoms with Crippen LogP contribution in [0.25, 0.3) is 0 Å². The maximum atomic E-state index is 12.3. The molecule has 1 aliphatic carbocycles. The highest BCUT2D eigenvalue weighted by atomic mass is 32.2. The van der Waals surface area contributed by atoms with E-state index in [0.717, 1.165) is 24.1 Å². The molecule has 128 valence electrons. The van der Waals surface area contributed by atoms with Gasteiger partial charge in [-0.15, -0.1) is 0 Å². The fraction of sp³-hybridized carbons (Fsp3) is 0.733. The summed E-state index contributed by atoms with van der Waals surface area (Å²) in [5.74, 6) is -0.0701. The fourth-order valence-corrected chi connectivity index (χ4v) is 3.73. The van der Waals surface area contributed by atoms with Gasteiger partial charge in [-0.25, -0.2) is 8.42 Å². The minimum atomic E-state index is -3.33. The molecule has 1 aromatic rings. The van der Waals surface area contributed by atoms with E-state index < -0.39 is 15.6 Å². The van der Waals surface area contributed by atoms with Crippen LogP contribution in [0.3, 0.4) is 0 Å². The van der Waals surface area contributed by atoms with Crippen molar-refractivity contribution in [2.75, 3.05) is 32.3 Å². The average Bonchev–Trinajstić information content (AvgIpc) is 3.17. The number of nitrogens with zero attached hydrogens (tertiary/aromatic N) is 3. The molecular weight excluding hydrogens is 318 g/mol. The summed E-state index contributed by atoms with van der Waals surface area (Å²) in [6.07, 6.45) is 5.42. The SMILES string of the molecule is COC[C@@H]1CN(C(=O)CS(C)(=O)=O)Cc2c1cnn2CC1CC1. The first kappa shape index (κ1) is 16.4. The van der Waals surface area contributed by atoms with Gasteiger partial charge in [0.25, 0.3) is 0 Å². The van der Waals surface area contributed by atoms with Gasteiger partial charge in [-0.05, 0) is 18.8 Å². The quantitative estimate of drug-likeness (QED) is 0.748. The van der Waals surface area contributed by atoms with Crippen LogP contribution in [0, 0.1) is 5.92 Å². The van der Waals surface area contributed by atoms with Crippen molar-refractivity contribution in [3.05, 3.63) is 17.5 Å². The molecule has 0 unspecified atom stereocenters. The summed E-state index contributed by atoms with van der Waals surface area (Å²) in [6.45, 7) is 2.27. The zero-order valence-electron chi connectivity index (χ0n) is 13.6. The van der Waals surface area contributed by atoms with Crippen molar-refractivity contribution in [2.24, 2.45) is 5.92 Å². The van der Waals surface area contributed by atoms with E-state index in [2.05, 4.69) is 5.10 Å². The predicted molar refractivity (Wildman–Crippen MR) is 84.7 cm³/mol. The van der Waals surface area contributed by atoms with E-state index in [-0.39, 0.29) is 11.8 Å². The molecule has 0 bridgehead atoms. The Bertz CT molecular complexity index is 694. The Balaban J connectivity index is 1.83. The summed E-state index contributed by atoms with van der Waals surface area (Å²) < 4.78 is 30.1. The molecule has 0 spiro atoms. The lowest BCUT2D eigenvalue weighted by Gasteiger charge is -2.33. The molecule has 8 heteroatoms. The van der Waals surface area contributed by atoms with Crippen LogP contribution in [0.1, 0.15) is 30.0 Å². The molecule has 3 rings (SSSR count). The van der Waals surface area contributed by atoms with Gasteiger partial charge >= 0.3 is 0 Å². The first-order valence-corrected chi connectivity index (χ1v) is 9.92. The van der Waals surface area contributed by atoms with Crippen LogP contribution in [-0.2, 0) is 32.5 Å². The molecule has 1 amide bonds. The predicted octanol–water partition coefficient (Wildman–Crippen LogP) is 0.410. The van der Waals surface area contributed by atoms with E-state index in [0.29, 0.717) is 25.6 Å². The van der Waals surface area contributed by atoms with Gasteiger partial charge in [0.15, 0.2) is 9.84 Å². The molecule has 0 saturated heterocycles. The maximum absolute atomic E-state index is 12.3. The lowest BCUT2D eigenvalue weighted by Crippen LogP contribution is -2.42. The van der Waals surface area contributed by atoms with Gasteiger partial charge in [-0.3, -0.25) is 9.48 Å². The van der Waals surface area contributed by atoms with Gasteiger partial charge in [0.1, 0.15) is 5.75 Å². The summed E-state index contributed by atoms with van der Waals surface area (Å²) in [6, 6.07) is 0. The van der Waals surface area contributed by atoms with E-state index in [1.165, 1.54) is 12.8 Å². The van der Waals surface area contributed by atoms with Crippen molar-refractivity contribution < 1.29 is 17.9 Å². The van der Waals surface area contributed by atoms with Crippen LogP contribution in [0.2, 0.25) is 0 Å². The number of ether oxygens (including phenoxy) is 1. The van der Waals surface area contributed by atoms with Gasteiger partial charge in [0.2, 0.25) is 5.91 Å². The Morgan fingerprint density at radius 1 is 1.43 bits per heavy atom. The second-order valence-electron chi connectivity index (χ2n) is 6.67. The Morgan fingerprint density at radius 3 is 2.78 bits per heavy atom. The molecule has 1 saturated carbocycles. The lowest BCUT2D eigenvalue weighted by molar-refractivity contribution is -0.130. The zero-order chi connectivity index (χ0) is 16.6. The van der Waals surface area contributed by atoms with Gasteiger partial charge in [-0.1, -0.05) is 0 Å². The molecule has 1 aromatic heterocycles. The van der Waals surface area contributed by atoms with Crippen LogP contribution >= 0.6 is 0 Å². The normalized spacial score (nSPS) is 21.3. The third kappa shape index (κ3) is 3.92. The third-order valence-electron chi connectivity index (χ3n) is 4.44. The highest BCUT2D eigenvalue weighted by Crippen LogP contribution is 2.34. The second-order valence-corrected chi connectivity index (χ2v) is 8.81. The van der Waals surface area contributed by atoms with Crippen LogP contribution < -0.4 is 0 Å². The van der Waals surface area contributed by atoms with Crippen molar-refractivity contribution in [1.29, 1.82) is 0 Å². The highest BCUT2D eigenvalue weighted by Gasteiger charge is 2.33. The van der Waals surface area contributed by atoms with Gasteiger partial charge in [0, 0.05) is 37.9 Å². The molecule has 2 aliphatic rings. The number of carbonyl (C=O) groups excluding carboxylic acids is 1. The molecule has 1 atom stereocenters. The third-order valence-corrected chi connectivity index (χ3v) is 5.21. The van der Waals surface area contributed by atoms with E-state index in [9.17, 15) is 13.2 Å². The van der Waals surface area contributed by atoms with Crippen LogP contribution in [0.15, 0.2) is 6.20 Å². The Kier molecular flexibility index (Phi) is 4.46. The first-order chi connectivity index (χ1) is 10.9. The average molecular weight is 341 g/mol. The first-order valence-electron chi connectivity index (χ1n) is 7.86. The number of hydrogen-bond acceptors (Lipinski definition) is 5. The standard InChI is InChI=1S/C15H23N3O4S/c1-22-9-12-7-17(15(19)10-23(2,20)21)8-14-13(12)5-16-18(14)6-11-3-4-11/h5,11-12H,3-4,6-10H2,1-2H3/t12-/m0/s1. The molecule has 0 aromatic carbocycles. The molecule has 7 nitrogen and oxygen atoms in total. The number of sulfone groups is 1. The maximum Gasteiger partial charge on any atom is 0.238 e. The lowest BCUT2D eigenvalue weighted by atomic mass is 9.95. The molecule has 23 heavy (non-hydrogen) atoms. The number of amides is 1. The molecule has 0 N–H and O–H groups in total. The molecule has 2 heterocycles. The van der Waals surface area contributed by atoms with E-state index in [1.807, 2.05) is 10.9 Å². The van der Waals surface area contributed by atoms with Gasteiger partial charge < -0.3 is 9.64 Å². The van der Waals surface area contributed by atoms with Crippen molar-refractivity contribution in [2.45, 2.75) is 31.8 Å². The van der Waals surface area contributed by atoms with Crippen LogP contribution in [0.5, 0.6) is 0 Å². The van der Waals surface area contributed by atoms with Gasteiger partial charge in [-0.2, -0.15) is 5.10 Å². The van der Waals surface area contributed by atoms with Crippen molar-refractivity contribution in [1.82, 2.24) is 14.7 Å². The smallest absolute Gasteiger partial charge is 0.238 e. The highest BCUT2D eigenvalue weighted by molar-refractivity contribution is 7.91. The van der Waals surface area contributed by atoms with Crippen LogP contribution in [0.4, 0.5) is 0 Å². The Hall–Kier alpha value is -1.41. The van der Waals surface area contributed by atoms with Gasteiger partial charge in [0.05, 0.1) is 25.0 Å². The van der Waals surface area contributed by atoms with Crippen molar-refractivity contribution in [3.8, 4) is 0 Å². The summed E-state index contributed by atoms with van der Waals surface area (Å²) in [4.78, 5) is 13.9. The Morgan fingerprint density at radius 2 is 2.17 bits per heavy atom. The fourth-order valence-electron chi connectivity index (χ4n) is 3.10. The molecular formula is C15H23N3O4S. The Labute approximate surface area is 136 Å². The monoisotopic (exact) mass is 341 g/mol. The van der Waals surface area contributed by atoms with E-state index in [1.54, 1.807) is 12.0 Å². The molecule has 1 aliphatic heterocycles. The topological polar surface area (TPSA) is 81.5 Å². The van der Waals surface area contributed by atoms with Crippen LogP contribution in [-0.4, -0.2) is 61.3 Å². The summed E-state index contributed by atoms with van der Waals surface area (Å²) in [5, 5.41) is 4.48.